The number of allylic oxidation sites excluding steroid dienone is 2. The summed E-state index contributed by atoms with van der Waals surface area (Å²) in [4.78, 5) is 24.6. The van der Waals surface area contributed by atoms with Gasteiger partial charge in [0.15, 0.2) is 0 Å². The minimum atomic E-state index is -0.662. The van der Waals surface area contributed by atoms with E-state index < -0.39 is 12.1 Å². The fourth-order valence-electron chi connectivity index (χ4n) is 12.8. The summed E-state index contributed by atoms with van der Waals surface area (Å²) in [6.45, 7) is 5.01. The lowest BCUT2D eigenvalue weighted by Crippen LogP contribution is -2.45. The second-order valence-electron chi connectivity index (χ2n) is 27.4. The van der Waals surface area contributed by atoms with Crippen molar-refractivity contribution in [2.75, 3.05) is 13.2 Å². The van der Waals surface area contributed by atoms with Gasteiger partial charge in [-0.25, -0.2) is 0 Å². The van der Waals surface area contributed by atoms with Crippen molar-refractivity contribution < 1.29 is 24.5 Å². The van der Waals surface area contributed by atoms with Gasteiger partial charge in [0.2, 0.25) is 5.91 Å². The molecule has 0 aliphatic heterocycles. The van der Waals surface area contributed by atoms with Gasteiger partial charge in [-0.3, -0.25) is 9.59 Å². The molecule has 0 heterocycles. The predicted molar refractivity (Wildman–Crippen MR) is 375 cm³/mol. The van der Waals surface area contributed by atoms with Gasteiger partial charge in [-0.05, 0) is 51.4 Å². The molecule has 0 saturated heterocycles. The maximum Gasteiger partial charge on any atom is 0.305 e. The molecule has 1 amide bonds. The van der Waals surface area contributed by atoms with Gasteiger partial charge < -0.3 is 20.3 Å². The SMILES string of the molecule is CCCCCCCCCCCCCCCCCCCCCCCC(O)C(CO)NC(=O)CCCCCCCCCCCCCCCCCCC/C=C\CCCCCCCCCCCCCCCCOC(=O)CCCCCCCCCCCCCC. The molecular weight excluding hydrogens is 1040 g/mol. The summed E-state index contributed by atoms with van der Waals surface area (Å²) in [5.74, 6) is -0.00373. The van der Waals surface area contributed by atoms with Crippen molar-refractivity contribution in [3.05, 3.63) is 12.2 Å². The normalized spacial score (nSPS) is 12.5. The lowest BCUT2D eigenvalue weighted by atomic mass is 10.0. The molecule has 85 heavy (non-hydrogen) atoms. The molecule has 0 radical (unpaired) electrons. The number of hydrogen-bond donors (Lipinski definition) is 3. The molecule has 0 aliphatic rings. The number of hydrogen-bond acceptors (Lipinski definition) is 5. The fourth-order valence-corrected chi connectivity index (χ4v) is 12.8. The molecule has 506 valence electrons. The highest BCUT2D eigenvalue weighted by Crippen LogP contribution is 2.20. The maximum absolute atomic E-state index is 12.6. The van der Waals surface area contributed by atoms with Crippen LogP contribution in [0.3, 0.4) is 0 Å². The average molecular weight is 1200 g/mol. The van der Waals surface area contributed by atoms with E-state index in [0.29, 0.717) is 25.9 Å². The van der Waals surface area contributed by atoms with Crippen LogP contribution in [0.15, 0.2) is 12.2 Å². The summed E-state index contributed by atoms with van der Waals surface area (Å²) in [5, 5.41) is 23.5. The Labute approximate surface area is 533 Å². The molecule has 0 aliphatic carbocycles. The number of aliphatic hydroxyl groups is 2. The Hall–Kier alpha value is -1.40. The third kappa shape index (κ3) is 71.6. The minimum Gasteiger partial charge on any atom is -0.466 e. The Balaban J connectivity index is 3.34. The number of aliphatic hydroxyl groups excluding tert-OH is 2. The molecule has 0 saturated carbocycles. The van der Waals surface area contributed by atoms with Crippen molar-refractivity contribution in [1.82, 2.24) is 5.32 Å². The van der Waals surface area contributed by atoms with Crippen molar-refractivity contribution in [2.45, 2.75) is 469 Å². The van der Waals surface area contributed by atoms with Gasteiger partial charge in [0, 0.05) is 12.8 Å². The Bertz CT molecular complexity index is 1290. The first-order valence-corrected chi connectivity index (χ1v) is 39.4. The number of ether oxygens (including phenoxy) is 1. The Morgan fingerprint density at radius 2 is 0.553 bits per heavy atom. The second kappa shape index (κ2) is 75.1. The van der Waals surface area contributed by atoms with E-state index in [2.05, 4.69) is 31.3 Å². The zero-order chi connectivity index (χ0) is 61.3. The maximum atomic E-state index is 12.6. The first-order valence-electron chi connectivity index (χ1n) is 39.4. The van der Waals surface area contributed by atoms with E-state index >= 15 is 0 Å². The van der Waals surface area contributed by atoms with E-state index in [1.54, 1.807) is 0 Å². The van der Waals surface area contributed by atoms with Crippen molar-refractivity contribution in [2.24, 2.45) is 0 Å². The standard InChI is InChI=1S/C79H155NO5/c1-3-5-7-9-11-13-15-17-18-19-20-36-39-42-45-48-51-55-59-63-67-71-77(82)76(75-81)80-78(83)72-68-64-60-56-52-49-46-43-40-37-34-32-30-28-26-24-22-21-23-25-27-29-31-33-35-38-41-44-47-50-54-58-62-66-70-74-85-79(84)73-69-65-61-57-53-16-14-12-10-8-6-4-2/h23,25,76-77,81-82H,3-22,24,26-75H2,1-2H3,(H,80,83)/b25-23-. The van der Waals surface area contributed by atoms with Crippen LogP contribution in [0.5, 0.6) is 0 Å². The third-order valence-corrected chi connectivity index (χ3v) is 18.8. The van der Waals surface area contributed by atoms with Crippen LogP contribution in [0.4, 0.5) is 0 Å². The molecule has 6 nitrogen and oxygen atoms in total. The summed E-state index contributed by atoms with van der Waals surface area (Å²) in [6, 6.07) is -0.539. The Morgan fingerprint density at radius 1 is 0.318 bits per heavy atom. The van der Waals surface area contributed by atoms with Gasteiger partial charge in [0.1, 0.15) is 0 Å². The molecule has 0 aromatic carbocycles. The quantitative estimate of drug-likeness (QED) is 0.0320. The third-order valence-electron chi connectivity index (χ3n) is 18.8. The molecule has 0 spiro atoms. The number of carbonyl (C=O) groups excluding carboxylic acids is 2. The number of carbonyl (C=O) groups is 2. The van der Waals surface area contributed by atoms with E-state index in [4.69, 9.17) is 4.74 Å². The summed E-state index contributed by atoms with van der Waals surface area (Å²) >= 11 is 0. The van der Waals surface area contributed by atoms with Crippen LogP contribution in [-0.2, 0) is 14.3 Å². The summed E-state index contributed by atoms with van der Waals surface area (Å²) in [6.07, 6.45) is 94.5. The van der Waals surface area contributed by atoms with Gasteiger partial charge in [0.25, 0.3) is 0 Å². The van der Waals surface area contributed by atoms with Gasteiger partial charge in [0.05, 0.1) is 25.4 Å². The first kappa shape index (κ1) is 83.6. The largest absolute Gasteiger partial charge is 0.466 e. The molecule has 3 N–H and O–H groups in total. The van der Waals surface area contributed by atoms with Crippen LogP contribution in [0.2, 0.25) is 0 Å². The van der Waals surface area contributed by atoms with Gasteiger partial charge in [-0.1, -0.05) is 405 Å². The van der Waals surface area contributed by atoms with Crippen molar-refractivity contribution in [3.63, 3.8) is 0 Å². The molecule has 0 aromatic heterocycles. The number of rotatable bonds is 75. The molecule has 0 fully saturated rings. The van der Waals surface area contributed by atoms with Crippen LogP contribution < -0.4 is 5.32 Å². The van der Waals surface area contributed by atoms with Crippen LogP contribution in [0.1, 0.15) is 457 Å². The predicted octanol–water partition coefficient (Wildman–Crippen LogP) is 25.9. The van der Waals surface area contributed by atoms with E-state index in [0.717, 1.165) is 38.5 Å². The topological polar surface area (TPSA) is 95.9 Å². The number of amides is 1. The monoisotopic (exact) mass is 1200 g/mol. The zero-order valence-corrected chi connectivity index (χ0v) is 58.1. The van der Waals surface area contributed by atoms with Crippen LogP contribution in [0.25, 0.3) is 0 Å². The first-order chi connectivity index (χ1) is 42.0. The fraction of sp³-hybridized carbons (Fsp3) is 0.949. The smallest absolute Gasteiger partial charge is 0.305 e. The van der Waals surface area contributed by atoms with Crippen LogP contribution >= 0.6 is 0 Å². The number of esters is 1. The summed E-state index contributed by atoms with van der Waals surface area (Å²) < 4.78 is 5.49. The second-order valence-corrected chi connectivity index (χ2v) is 27.4. The number of nitrogens with one attached hydrogen (secondary N) is 1. The highest BCUT2D eigenvalue weighted by molar-refractivity contribution is 5.76. The van der Waals surface area contributed by atoms with Crippen molar-refractivity contribution in [1.29, 1.82) is 0 Å². The Morgan fingerprint density at radius 3 is 0.835 bits per heavy atom. The van der Waals surface area contributed by atoms with Gasteiger partial charge in [-0.2, -0.15) is 0 Å². The van der Waals surface area contributed by atoms with E-state index in [1.165, 1.54) is 385 Å². The average Bonchev–Trinajstić information content (AvgIpc) is 3.53. The molecule has 6 heteroatoms. The molecule has 0 rings (SSSR count). The van der Waals surface area contributed by atoms with Gasteiger partial charge >= 0.3 is 5.97 Å². The lowest BCUT2D eigenvalue weighted by Gasteiger charge is -2.22. The molecular formula is C79H155NO5. The lowest BCUT2D eigenvalue weighted by molar-refractivity contribution is -0.143. The van der Waals surface area contributed by atoms with Gasteiger partial charge in [-0.15, -0.1) is 0 Å². The highest BCUT2D eigenvalue weighted by atomic mass is 16.5. The van der Waals surface area contributed by atoms with Crippen molar-refractivity contribution in [3.8, 4) is 0 Å². The Kier molecular flexibility index (Phi) is 73.8. The van der Waals surface area contributed by atoms with E-state index in [1.807, 2.05) is 0 Å². The number of unbranched alkanes of at least 4 members (excludes halogenated alkanes) is 62. The highest BCUT2D eigenvalue weighted by Gasteiger charge is 2.20. The zero-order valence-electron chi connectivity index (χ0n) is 58.1. The molecule has 2 atom stereocenters. The molecule has 0 aromatic rings. The van der Waals surface area contributed by atoms with Crippen molar-refractivity contribution >= 4 is 11.9 Å². The summed E-state index contributed by atoms with van der Waals surface area (Å²) in [5.41, 5.74) is 0. The summed E-state index contributed by atoms with van der Waals surface area (Å²) in [7, 11) is 0. The minimum absolute atomic E-state index is 0.0220. The van der Waals surface area contributed by atoms with E-state index in [9.17, 15) is 19.8 Å². The molecule has 0 bridgehead atoms. The van der Waals surface area contributed by atoms with Crippen LogP contribution in [-0.4, -0.2) is 47.4 Å². The van der Waals surface area contributed by atoms with Crippen LogP contribution in [0, 0.1) is 0 Å². The van der Waals surface area contributed by atoms with E-state index in [-0.39, 0.29) is 18.5 Å². The molecule has 2 unspecified atom stereocenters.